The summed E-state index contributed by atoms with van der Waals surface area (Å²) in [6, 6.07) is -0.100. The van der Waals surface area contributed by atoms with Gasteiger partial charge in [-0.3, -0.25) is 9.59 Å². The molecular formula is C34H61NO3. The van der Waals surface area contributed by atoms with Gasteiger partial charge in [0.15, 0.2) is 0 Å². The van der Waals surface area contributed by atoms with Gasteiger partial charge in [0.25, 0.3) is 0 Å². The summed E-state index contributed by atoms with van der Waals surface area (Å²) >= 11 is 0. The van der Waals surface area contributed by atoms with E-state index in [1.54, 1.807) is 0 Å². The van der Waals surface area contributed by atoms with Crippen LogP contribution in [0.15, 0.2) is 24.3 Å². The molecule has 0 aromatic carbocycles. The largest absolute Gasteiger partial charge is 0.481 e. The molecule has 0 radical (unpaired) electrons. The van der Waals surface area contributed by atoms with Crippen LogP contribution in [0, 0.1) is 5.92 Å². The van der Waals surface area contributed by atoms with Crippen molar-refractivity contribution in [2.45, 2.75) is 168 Å². The lowest BCUT2D eigenvalue weighted by Gasteiger charge is -2.27. The Morgan fingerprint density at radius 3 is 1.76 bits per heavy atom. The lowest BCUT2D eigenvalue weighted by Crippen LogP contribution is -2.38. The number of hydrogen-bond donors (Lipinski definition) is 1. The average molecular weight is 532 g/mol. The quantitative estimate of drug-likeness (QED) is 0.0892. The van der Waals surface area contributed by atoms with E-state index in [9.17, 15) is 14.7 Å². The molecule has 4 heteroatoms. The molecule has 1 aliphatic heterocycles. The Labute approximate surface area is 235 Å². The molecule has 0 saturated carbocycles. The maximum atomic E-state index is 12.6. The smallest absolute Gasteiger partial charge is 0.309 e. The third-order valence-electron chi connectivity index (χ3n) is 8.10. The molecule has 0 aromatic heterocycles. The number of carbonyl (C=O) groups is 2. The van der Waals surface area contributed by atoms with Gasteiger partial charge in [-0.15, -0.1) is 0 Å². The summed E-state index contributed by atoms with van der Waals surface area (Å²) < 4.78 is 0. The van der Waals surface area contributed by atoms with Gasteiger partial charge in [-0.2, -0.15) is 0 Å². The number of likely N-dealkylation sites (tertiary alicyclic amines) is 1. The molecule has 0 unspecified atom stereocenters. The number of carboxylic acid groups (broad SMARTS) is 1. The SMILES string of the molecule is CCCCC/C=C\C/C=C\CCCCCCC[C@@H]1[C@@H](C(=O)O)CC(=O)N1CCCCCCCCCCCC. The van der Waals surface area contributed by atoms with Crippen LogP contribution in [0.5, 0.6) is 0 Å². The van der Waals surface area contributed by atoms with Crippen molar-refractivity contribution in [3.63, 3.8) is 0 Å². The van der Waals surface area contributed by atoms with Gasteiger partial charge in [0.05, 0.1) is 5.92 Å². The van der Waals surface area contributed by atoms with Crippen LogP contribution in [0.1, 0.15) is 162 Å². The Morgan fingerprint density at radius 2 is 1.18 bits per heavy atom. The first kappa shape index (κ1) is 34.4. The van der Waals surface area contributed by atoms with Gasteiger partial charge in [0.2, 0.25) is 5.91 Å². The molecule has 4 nitrogen and oxygen atoms in total. The van der Waals surface area contributed by atoms with E-state index < -0.39 is 11.9 Å². The predicted octanol–water partition coefficient (Wildman–Crippen LogP) is 10.0. The standard InChI is InChI=1S/C34H61NO3/c1-3-5-7-9-11-13-15-16-17-18-19-20-22-24-26-28-32-31(34(37)38)30-33(36)35(32)29-27-25-23-21-14-12-10-8-6-4-2/h11,13,16-17,31-32H,3-10,12,14-15,18-30H2,1-2H3,(H,37,38)/b13-11-,17-16-/t31-,32+/m0/s1. The summed E-state index contributed by atoms with van der Waals surface area (Å²) in [4.78, 5) is 26.3. The van der Waals surface area contributed by atoms with Gasteiger partial charge in [-0.05, 0) is 44.9 Å². The van der Waals surface area contributed by atoms with E-state index >= 15 is 0 Å². The number of carboxylic acids is 1. The first-order valence-electron chi connectivity index (χ1n) is 16.4. The number of unbranched alkanes of at least 4 members (excludes halogenated alkanes) is 17. The number of rotatable bonds is 26. The number of allylic oxidation sites excluding steroid dienone is 4. The van der Waals surface area contributed by atoms with E-state index in [-0.39, 0.29) is 18.4 Å². The summed E-state index contributed by atoms with van der Waals surface area (Å²) in [7, 11) is 0. The minimum Gasteiger partial charge on any atom is -0.481 e. The van der Waals surface area contributed by atoms with Crippen molar-refractivity contribution in [3.8, 4) is 0 Å². The number of aliphatic carboxylic acids is 1. The highest BCUT2D eigenvalue weighted by Gasteiger charge is 2.42. The summed E-state index contributed by atoms with van der Waals surface area (Å²) in [6.07, 6.45) is 36.1. The van der Waals surface area contributed by atoms with Crippen LogP contribution in [0.25, 0.3) is 0 Å². The number of hydrogen-bond acceptors (Lipinski definition) is 2. The van der Waals surface area contributed by atoms with Crippen LogP contribution in [0.4, 0.5) is 0 Å². The van der Waals surface area contributed by atoms with E-state index in [0.717, 1.165) is 51.5 Å². The van der Waals surface area contributed by atoms with Gasteiger partial charge in [0, 0.05) is 19.0 Å². The van der Waals surface area contributed by atoms with E-state index in [0.29, 0.717) is 0 Å². The molecule has 1 N–H and O–H groups in total. The molecular weight excluding hydrogens is 470 g/mol. The van der Waals surface area contributed by atoms with Crippen molar-refractivity contribution in [2.75, 3.05) is 6.54 Å². The molecule has 220 valence electrons. The molecule has 2 atom stereocenters. The Balaban J connectivity index is 2.16. The van der Waals surface area contributed by atoms with Gasteiger partial charge in [-0.25, -0.2) is 0 Å². The maximum absolute atomic E-state index is 12.6. The third-order valence-corrected chi connectivity index (χ3v) is 8.10. The van der Waals surface area contributed by atoms with Crippen LogP contribution < -0.4 is 0 Å². The lowest BCUT2D eigenvalue weighted by atomic mass is 9.94. The van der Waals surface area contributed by atoms with Crippen molar-refractivity contribution in [1.29, 1.82) is 0 Å². The molecule has 1 fully saturated rings. The predicted molar refractivity (Wildman–Crippen MR) is 162 cm³/mol. The van der Waals surface area contributed by atoms with Crippen molar-refractivity contribution in [1.82, 2.24) is 4.90 Å². The summed E-state index contributed by atoms with van der Waals surface area (Å²) in [6.45, 7) is 5.24. The van der Waals surface area contributed by atoms with Crippen molar-refractivity contribution >= 4 is 11.9 Å². The highest BCUT2D eigenvalue weighted by Crippen LogP contribution is 2.30. The minimum absolute atomic E-state index is 0.0564. The first-order chi connectivity index (χ1) is 18.6. The fourth-order valence-corrected chi connectivity index (χ4v) is 5.68. The van der Waals surface area contributed by atoms with E-state index in [1.165, 1.54) is 96.3 Å². The molecule has 1 amide bonds. The second kappa shape index (κ2) is 24.5. The maximum Gasteiger partial charge on any atom is 0.309 e. The fourth-order valence-electron chi connectivity index (χ4n) is 5.68. The van der Waals surface area contributed by atoms with Gasteiger partial charge in [0.1, 0.15) is 0 Å². The van der Waals surface area contributed by atoms with E-state index in [1.807, 2.05) is 4.90 Å². The zero-order chi connectivity index (χ0) is 27.7. The van der Waals surface area contributed by atoms with Crippen molar-refractivity contribution in [3.05, 3.63) is 24.3 Å². The monoisotopic (exact) mass is 531 g/mol. The number of carbonyl (C=O) groups excluding carboxylic acids is 1. The van der Waals surface area contributed by atoms with E-state index in [2.05, 4.69) is 38.2 Å². The highest BCUT2D eigenvalue weighted by molar-refractivity contribution is 5.87. The molecule has 0 bridgehead atoms. The normalized spacial score (nSPS) is 17.9. The van der Waals surface area contributed by atoms with Crippen molar-refractivity contribution < 1.29 is 14.7 Å². The average Bonchev–Trinajstić information content (AvgIpc) is 3.22. The molecule has 0 aromatic rings. The lowest BCUT2D eigenvalue weighted by molar-refractivity contribution is -0.142. The second-order valence-electron chi connectivity index (χ2n) is 11.5. The van der Waals surface area contributed by atoms with Gasteiger partial charge >= 0.3 is 5.97 Å². The molecule has 1 aliphatic rings. The second-order valence-corrected chi connectivity index (χ2v) is 11.5. The molecule has 1 saturated heterocycles. The van der Waals surface area contributed by atoms with E-state index in [4.69, 9.17) is 0 Å². The minimum atomic E-state index is -0.795. The van der Waals surface area contributed by atoms with Crippen LogP contribution >= 0.6 is 0 Å². The third kappa shape index (κ3) is 17.1. The van der Waals surface area contributed by atoms with Crippen molar-refractivity contribution in [2.24, 2.45) is 5.92 Å². The Bertz CT molecular complexity index is 642. The molecule has 0 spiro atoms. The topological polar surface area (TPSA) is 57.6 Å². The van der Waals surface area contributed by atoms with Gasteiger partial charge in [-0.1, -0.05) is 134 Å². The number of amides is 1. The molecule has 0 aliphatic carbocycles. The molecule has 1 rings (SSSR count). The highest BCUT2D eigenvalue weighted by atomic mass is 16.4. The zero-order valence-corrected chi connectivity index (χ0v) is 25.1. The molecule has 1 heterocycles. The Hall–Kier alpha value is -1.58. The van der Waals surface area contributed by atoms with Gasteiger partial charge < -0.3 is 10.0 Å². The first-order valence-corrected chi connectivity index (χ1v) is 16.4. The Morgan fingerprint density at radius 1 is 0.711 bits per heavy atom. The van der Waals surface area contributed by atoms with Crippen LogP contribution in [-0.2, 0) is 9.59 Å². The fraction of sp³-hybridized carbons (Fsp3) is 0.824. The van der Waals surface area contributed by atoms with Crippen LogP contribution in [0.3, 0.4) is 0 Å². The molecule has 38 heavy (non-hydrogen) atoms. The summed E-state index contributed by atoms with van der Waals surface area (Å²) in [5, 5.41) is 9.70. The zero-order valence-electron chi connectivity index (χ0n) is 25.1. The Kier molecular flexibility index (Phi) is 22.2. The van der Waals surface area contributed by atoms with Crippen LogP contribution in [-0.4, -0.2) is 34.5 Å². The summed E-state index contributed by atoms with van der Waals surface area (Å²) in [5.74, 6) is -1.26. The summed E-state index contributed by atoms with van der Waals surface area (Å²) in [5.41, 5.74) is 0. The van der Waals surface area contributed by atoms with Crippen LogP contribution in [0.2, 0.25) is 0 Å². The number of nitrogens with zero attached hydrogens (tertiary/aromatic N) is 1.